The average molecular weight is 237 g/mol. The van der Waals surface area contributed by atoms with Crippen LogP contribution in [0.3, 0.4) is 0 Å². The van der Waals surface area contributed by atoms with Crippen LogP contribution in [0.1, 0.15) is 64.7 Å². The molecule has 1 heterocycles. The predicted molar refractivity (Wildman–Crippen MR) is 70.8 cm³/mol. The van der Waals surface area contributed by atoms with Crippen LogP contribution in [0.25, 0.3) is 0 Å². The fraction of sp³-hybridized carbons (Fsp3) is 0.933. The summed E-state index contributed by atoms with van der Waals surface area (Å²) in [5.74, 6) is 1.52. The Balaban J connectivity index is 2.02. The number of amides is 1. The highest BCUT2D eigenvalue weighted by atomic mass is 16.2. The molecule has 98 valence electrons. The number of rotatable bonds is 2. The zero-order valence-corrected chi connectivity index (χ0v) is 11.3. The Labute approximate surface area is 106 Å². The highest BCUT2D eigenvalue weighted by Gasteiger charge is 2.32. The Kier molecular flexibility index (Phi) is 4.87. The van der Waals surface area contributed by atoms with E-state index in [-0.39, 0.29) is 0 Å². The van der Waals surface area contributed by atoms with Crippen molar-refractivity contribution in [1.29, 1.82) is 0 Å². The van der Waals surface area contributed by atoms with Crippen molar-refractivity contribution in [2.45, 2.75) is 64.7 Å². The molecule has 1 aliphatic heterocycles. The van der Waals surface area contributed by atoms with Crippen molar-refractivity contribution in [2.24, 2.45) is 11.8 Å². The van der Waals surface area contributed by atoms with Crippen LogP contribution in [0, 0.1) is 11.8 Å². The Morgan fingerprint density at radius 2 is 1.65 bits per heavy atom. The number of carbonyl (C=O) groups excluding carboxylic acids is 1. The van der Waals surface area contributed by atoms with Crippen LogP contribution >= 0.6 is 0 Å². The summed E-state index contributed by atoms with van der Waals surface area (Å²) >= 11 is 0. The number of carbonyl (C=O) groups is 1. The SMILES string of the molecule is CCN1CCCCC(C2CCCCCC2)C1=O. The van der Waals surface area contributed by atoms with E-state index in [4.69, 9.17) is 0 Å². The summed E-state index contributed by atoms with van der Waals surface area (Å²) in [4.78, 5) is 14.6. The highest BCUT2D eigenvalue weighted by molar-refractivity contribution is 5.79. The fourth-order valence-electron chi connectivity index (χ4n) is 3.60. The van der Waals surface area contributed by atoms with Gasteiger partial charge in [0.2, 0.25) is 5.91 Å². The van der Waals surface area contributed by atoms with Gasteiger partial charge in [-0.15, -0.1) is 0 Å². The molecule has 2 fully saturated rings. The minimum Gasteiger partial charge on any atom is -0.343 e. The van der Waals surface area contributed by atoms with Gasteiger partial charge in [-0.2, -0.15) is 0 Å². The minimum absolute atomic E-state index is 0.357. The van der Waals surface area contributed by atoms with Gasteiger partial charge in [0.15, 0.2) is 0 Å². The number of hydrogen-bond donors (Lipinski definition) is 0. The van der Waals surface area contributed by atoms with Gasteiger partial charge in [0.05, 0.1) is 0 Å². The van der Waals surface area contributed by atoms with Crippen LogP contribution in [0.5, 0.6) is 0 Å². The topological polar surface area (TPSA) is 20.3 Å². The molecule has 0 aromatic rings. The largest absolute Gasteiger partial charge is 0.343 e. The van der Waals surface area contributed by atoms with Crippen molar-refractivity contribution >= 4 is 5.91 Å². The van der Waals surface area contributed by atoms with E-state index >= 15 is 0 Å². The number of hydrogen-bond acceptors (Lipinski definition) is 1. The monoisotopic (exact) mass is 237 g/mol. The highest BCUT2D eigenvalue weighted by Crippen LogP contribution is 2.34. The Bertz CT molecular complexity index is 243. The van der Waals surface area contributed by atoms with Gasteiger partial charge in [-0.3, -0.25) is 4.79 Å². The lowest BCUT2D eigenvalue weighted by atomic mass is 9.82. The Morgan fingerprint density at radius 1 is 1.00 bits per heavy atom. The molecule has 0 spiro atoms. The Morgan fingerprint density at radius 3 is 2.29 bits per heavy atom. The van der Waals surface area contributed by atoms with Crippen molar-refractivity contribution in [2.75, 3.05) is 13.1 Å². The van der Waals surface area contributed by atoms with Crippen molar-refractivity contribution in [3.8, 4) is 0 Å². The molecule has 1 aliphatic carbocycles. The lowest BCUT2D eigenvalue weighted by Gasteiger charge is -2.28. The van der Waals surface area contributed by atoms with Gasteiger partial charge in [0.25, 0.3) is 0 Å². The third kappa shape index (κ3) is 3.23. The molecule has 17 heavy (non-hydrogen) atoms. The lowest BCUT2D eigenvalue weighted by Crippen LogP contribution is -2.37. The van der Waals surface area contributed by atoms with Crippen LogP contribution in [-0.2, 0) is 4.79 Å². The summed E-state index contributed by atoms with van der Waals surface area (Å²) in [6, 6.07) is 0. The van der Waals surface area contributed by atoms with Crippen molar-refractivity contribution in [1.82, 2.24) is 4.90 Å². The van der Waals surface area contributed by atoms with E-state index in [1.807, 2.05) is 0 Å². The summed E-state index contributed by atoms with van der Waals surface area (Å²) in [6.07, 6.45) is 11.7. The second kappa shape index (κ2) is 6.42. The molecule has 1 amide bonds. The van der Waals surface area contributed by atoms with Gasteiger partial charge in [0, 0.05) is 19.0 Å². The van der Waals surface area contributed by atoms with Crippen LogP contribution < -0.4 is 0 Å². The fourth-order valence-corrected chi connectivity index (χ4v) is 3.60. The first-order chi connectivity index (χ1) is 8.33. The van der Waals surface area contributed by atoms with Crippen molar-refractivity contribution < 1.29 is 4.79 Å². The molecule has 2 rings (SSSR count). The molecule has 2 aliphatic rings. The molecule has 0 aromatic carbocycles. The first-order valence-corrected chi connectivity index (χ1v) is 7.61. The summed E-state index contributed by atoms with van der Waals surface area (Å²) < 4.78 is 0. The zero-order valence-electron chi connectivity index (χ0n) is 11.3. The molecular weight excluding hydrogens is 210 g/mol. The smallest absolute Gasteiger partial charge is 0.225 e. The summed E-state index contributed by atoms with van der Waals surface area (Å²) in [6.45, 7) is 4.02. The van der Waals surface area contributed by atoms with Gasteiger partial charge in [0.1, 0.15) is 0 Å². The maximum absolute atomic E-state index is 12.5. The van der Waals surface area contributed by atoms with E-state index in [2.05, 4.69) is 11.8 Å². The van der Waals surface area contributed by atoms with Crippen LogP contribution in [-0.4, -0.2) is 23.9 Å². The van der Waals surface area contributed by atoms with Crippen LogP contribution in [0.2, 0.25) is 0 Å². The molecule has 0 aromatic heterocycles. The number of nitrogens with zero attached hydrogens (tertiary/aromatic N) is 1. The molecule has 0 radical (unpaired) electrons. The quantitative estimate of drug-likeness (QED) is 0.672. The summed E-state index contributed by atoms with van der Waals surface area (Å²) in [7, 11) is 0. The second-order valence-electron chi connectivity index (χ2n) is 5.77. The maximum atomic E-state index is 12.5. The van der Waals surface area contributed by atoms with Gasteiger partial charge in [-0.25, -0.2) is 0 Å². The van der Waals surface area contributed by atoms with E-state index in [1.165, 1.54) is 51.4 Å². The summed E-state index contributed by atoms with van der Waals surface area (Å²) in [5.41, 5.74) is 0. The Hall–Kier alpha value is -0.530. The molecule has 0 bridgehead atoms. The van der Waals surface area contributed by atoms with Gasteiger partial charge < -0.3 is 4.90 Å². The molecular formula is C15H27NO. The third-order valence-electron chi connectivity index (χ3n) is 4.67. The molecule has 1 atom stereocenters. The maximum Gasteiger partial charge on any atom is 0.225 e. The van der Waals surface area contributed by atoms with E-state index in [1.54, 1.807) is 0 Å². The van der Waals surface area contributed by atoms with E-state index < -0.39 is 0 Å². The predicted octanol–water partition coefficient (Wildman–Crippen LogP) is 3.61. The first-order valence-electron chi connectivity index (χ1n) is 7.61. The third-order valence-corrected chi connectivity index (χ3v) is 4.67. The van der Waals surface area contributed by atoms with E-state index in [0.717, 1.165) is 19.5 Å². The van der Waals surface area contributed by atoms with E-state index in [9.17, 15) is 4.79 Å². The van der Waals surface area contributed by atoms with E-state index in [0.29, 0.717) is 17.7 Å². The van der Waals surface area contributed by atoms with Crippen molar-refractivity contribution in [3.05, 3.63) is 0 Å². The van der Waals surface area contributed by atoms with Crippen LogP contribution in [0.15, 0.2) is 0 Å². The molecule has 2 nitrogen and oxygen atoms in total. The van der Waals surface area contributed by atoms with Gasteiger partial charge in [-0.1, -0.05) is 32.1 Å². The molecule has 1 saturated heterocycles. The molecule has 1 saturated carbocycles. The molecule has 0 N–H and O–H groups in total. The van der Waals surface area contributed by atoms with Crippen molar-refractivity contribution in [3.63, 3.8) is 0 Å². The van der Waals surface area contributed by atoms with Gasteiger partial charge >= 0.3 is 0 Å². The second-order valence-corrected chi connectivity index (χ2v) is 5.77. The molecule has 2 heteroatoms. The normalized spacial score (nSPS) is 28.9. The van der Waals surface area contributed by atoms with Gasteiger partial charge in [-0.05, 0) is 38.5 Å². The summed E-state index contributed by atoms with van der Waals surface area (Å²) in [5, 5.41) is 0. The minimum atomic E-state index is 0.357. The standard InChI is InChI=1S/C15H27NO/c1-2-16-12-8-7-11-14(15(16)17)13-9-5-3-4-6-10-13/h13-14H,2-12H2,1H3. The lowest BCUT2D eigenvalue weighted by molar-refractivity contribution is -0.136. The molecule has 1 unspecified atom stereocenters. The average Bonchev–Trinajstić information content (AvgIpc) is 2.69. The number of likely N-dealkylation sites (tertiary alicyclic amines) is 1. The zero-order chi connectivity index (χ0) is 12.1. The van der Waals surface area contributed by atoms with Crippen LogP contribution in [0.4, 0.5) is 0 Å². The first kappa shape index (κ1) is 12.9.